The minimum atomic E-state index is -1.60. The van der Waals surface area contributed by atoms with Gasteiger partial charge in [0.15, 0.2) is 24.0 Å². The van der Waals surface area contributed by atoms with Crippen LogP contribution in [0.5, 0.6) is 0 Å². The Morgan fingerprint density at radius 1 is 1.07 bits per heavy atom. The molecular formula is C21H20F3N2OS+. The summed E-state index contributed by atoms with van der Waals surface area (Å²) in [4.78, 5) is 13.3. The van der Waals surface area contributed by atoms with E-state index in [-0.39, 0.29) is 18.3 Å². The molecule has 0 aliphatic heterocycles. The molecule has 0 saturated heterocycles. The predicted molar refractivity (Wildman–Crippen MR) is 104 cm³/mol. The number of rotatable bonds is 7. The molecule has 3 aromatic rings. The normalized spacial score (nSPS) is 12.0. The highest BCUT2D eigenvalue weighted by Crippen LogP contribution is 2.23. The van der Waals surface area contributed by atoms with Gasteiger partial charge in [0.25, 0.3) is 5.91 Å². The Bertz CT molecular complexity index is 943. The molecule has 0 spiro atoms. The van der Waals surface area contributed by atoms with Crippen molar-refractivity contribution in [3.63, 3.8) is 0 Å². The lowest BCUT2D eigenvalue weighted by Gasteiger charge is -2.15. The lowest BCUT2D eigenvalue weighted by atomic mass is 10.0. The van der Waals surface area contributed by atoms with Crippen LogP contribution in [0.4, 0.5) is 18.9 Å². The van der Waals surface area contributed by atoms with E-state index in [0.717, 1.165) is 29.0 Å². The molecule has 0 fully saturated rings. The summed E-state index contributed by atoms with van der Waals surface area (Å²) in [6.07, 6.45) is 0.940. The summed E-state index contributed by atoms with van der Waals surface area (Å²) in [5.41, 5.74) is 1.89. The Hall–Kier alpha value is -2.64. The molecule has 3 rings (SSSR count). The summed E-state index contributed by atoms with van der Waals surface area (Å²) in [5.74, 6) is -4.81. The zero-order valence-electron chi connectivity index (χ0n) is 15.2. The average Bonchev–Trinajstić information content (AvgIpc) is 3.23. The van der Waals surface area contributed by atoms with E-state index in [9.17, 15) is 18.0 Å². The molecule has 146 valence electrons. The second-order valence-electron chi connectivity index (χ2n) is 6.30. The lowest BCUT2D eigenvalue weighted by molar-refractivity contribution is -0.675. The Labute approximate surface area is 165 Å². The molecule has 1 aromatic heterocycles. The minimum Gasteiger partial charge on any atom is -0.328 e. The standard InChI is InChI=1S/C21H19F3N2OS/c1-2-13-5-7-14(8-6-13)21(17-4-3-11-28-17)25-12-18(27)26-16-10-9-15(22)19(23)20(16)24/h3-11,21,25H,2,12H2,1H3,(H,26,27)/p+1/t21-/m0/s1. The van der Waals surface area contributed by atoms with Gasteiger partial charge in [0, 0.05) is 5.56 Å². The fourth-order valence-electron chi connectivity index (χ4n) is 2.89. The number of nitrogens with two attached hydrogens (primary N) is 1. The molecule has 1 heterocycles. The van der Waals surface area contributed by atoms with Crippen LogP contribution in [0.1, 0.15) is 29.0 Å². The van der Waals surface area contributed by atoms with Crippen molar-refractivity contribution < 1.29 is 23.3 Å². The number of hydrogen-bond donors (Lipinski definition) is 2. The van der Waals surface area contributed by atoms with Crippen LogP contribution in [-0.4, -0.2) is 12.5 Å². The third-order valence-corrected chi connectivity index (χ3v) is 5.40. The van der Waals surface area contributed by atoms with E-state index in [1.54, 1.807) is 11.3 Å². The van der Waals surface area contributed by atoms with Gasteiger partial charge in [-0.15, -0.1) is 11.3 Å². The van der Waals surface area contributed by atoms with Crippen LogP contribution < -0.4 is 10.6 Å². The fourth-order valence-corrected chi connectivity index (χ4v) is 3.74. The number of amides is 1. The van der Waals surface area contributed by atoms with Crippen LogP contribution in [0.25, 0.3) is 0 Å². The molecular weight excluding hydrogens is 385 g/mol. The van der Waals surface area contributed by atoms with Crippen molar-refractivity contribution >= 4 is 22.9 Å². The van der Waals surface area contributed by atoms with Gasteiger partial charge in [-0.1, -0.05) is 37.3 Å². The first-order valence-corrected chi connectivity index (χ1v) is 9.76. The topological polar surface area (TPSA) is 45.7 Å². The maximum Gasteiger partial charge on any atom is 0.279 e. The number of hydrogen-bond acceptors (Lipinski definition) is 2. The van der Waals surface area contributed by atoms with Crippen LogP contribution >= 0.6 is 11.3 Å². The van der Waals surface area contributed by atoms with Crippen molar-refractivity contribution in [3.05, 3.63) is 87.4 Å². The summed E-state index contributed by atoms with van der Waals surface area (Å²) in [6, 6.07) is 13.8. The quantitative estimate of drug-likeness (QED) is 0.573. The van der Waals surface area contributed by atoms with Gasteiger partial charge in [-0.2, -0.15) is 0 Å². The molecule has 0 aliphatic rings. The number of anilines is 1. The minimum absolute atomic E-state index is 0.00344. The molecule has 0 radical (unpaired) electrons. The molecule has 0 aliphatic carbocycles. The molecule has 3 N–H and O–H groups in total. The van der Waals surface area contributed by atoms with Crippen molar-refractivity contribution in [1.29, 1.82) is 0 Å². The molecule has 0 saturated carbocycles. The third kappa shape index (κ3) is 4.61. The molecule has 7 heteroatoms. The Kier molecular flexibility index (Phi) is 6.49. The van der Waals surface area contributed by atoms with E-state index in [2.05, 4.69) is 24.4 Å². The number of carbonyl (C=O) groups excluding carboxylic acids is 1. The predicted octanol–water partition coefficient (Wildman–Crippen LogP) is 4.02. The van der Waals surface area contributed by atoms with E-state index in [0.29, 0.717) is 0 Å². The summed E-state index contributed by atoms with van der Waals surface area (Å²) < 4.78 is 40.1. The van der Waals surface area contributed by atoms with Gasteiger partial charge in [-0.3, -0.25) is 4.79 Å². The number of carbonyl (C=O) groups is 1. The van der Waals surface area contributed by atoms with E-state index in [1.807, 2.05) is 35.0 Å². The van der Waals surface area contributed by atoms with E-state index >= 15 is 0 Å². The van der Waals surface area contributed by atoms with Crippen LogP contribution in [-0.2, 0) is 11.2 Å². The van der Waals surface area contributed by atoms with Crippen molar-refractivity contribution in [2.75, 3.05) is 11.9 Å². The maximum atomic E-state index is 13.7. The second-order valence-corrected chi connectivity index (χ2v) is 7.28. The maximum absolute atomic E-state index is 13.7. The highest BCUT2D eigenvalue weighted by Gasteiger charge is 2.21. The number of benzene rings is 2. The van der Waals surface area contributed by atoms with E-state index in [1.165, 1.54) is 5.56 Å². The van der Waals surface area contributed by atoms with Crippen LogP contribution in [0, 0.1) is 17.5 Å². The average molecular weight is 405 g/mol. The largest absolute Gasteiger partial charge is 0.328 e. The Morgan fingerprint density at radius 2 is 1.82 bits per heavy atom. The number of nitrogens with one attached hydrogen (secondary N) is 1. The van der Waals surface area contributed by atoms with Gasteiger partial charge in [0.05, 0.1) is 10.6 Å². The number of halogens is 3. The highest BCUT2D eigenvalue weighted by atomic mass is 32.1. The van der Waals surface area contributed by atoms with Crippen molar-refractivity contribution in [2.24, 2.45) is 0 Å². The monoisotopic (exact) mass is 405 g/mol. The van der Waals surface area contributed by atoms with Crippen LogP contribution in [0.15, 0.2) is 53.9 Å². The first-order valence-electron chi connectivity index (χ1n) is 8.88. The molecule has 3 nitrogen and oxygen atoms in total. The zero-order valence-corrected chi connectivity index (χ0v) is 16.0. The summed E-state index contributed by atoms with van der Waals surface area (Å²) in [7, 11) is 0. The summed E-state index contributed by atoms with van der Waals surface area (Å²) in [6.45, 7) is 2.08. The smallest absolute Gasteiger partial charge is 0.279 e. The first kappa shape index (κ1) is 20.1. The molecule has 0 unspecified atom stereocenters. The van der Waals surface area contributed by atoms with Crippen LogP contribution in [0.2, 0.25) is 0 Å². The van der Waals surface area contributed by atoms with Gasteiger partial charge in [0.2, 0.25) is 0 Å². The van der Waals surface area contributed by atoms with Crippen molar-refractivity contribution in [1.82, 2.24) is 0 Å². The molecule has 2 aromatic carbocycles. The fraction of sp³-hybridized carbons (Fsp3) is 0.190. The van der Waals surface area contributed by atoms with Gasteiger partial charge in [0.1, 0.15) is 6.04 Å². The second kappa shape index (κ2) is 9.03. The lowest BCUT2D eigenvalue weighted by Crippen LogP contribution is -2.87. The first-order chi connectivity index (χ1) is 13.5. The molecule has 1 atom stereocenters. The summed E-state index contributed by atoms with van der Waals surface area (Å²) in [5, 5.41) is 6.10. The molecule has 1 amide bonds. The van der Waals surface area contributed by atoms with E-state index < -0.39 is 23.4 Å². The number of aryl methyl sites for hydroxylation is 1. The van der Waals surface area contributed by atoms with Crippen molar-refractivity contribution in [3.8, 4) is 0 Å². The van der Waals surface area contributed by atoms with Gasteiger partial charge in [-0.25, -0.2) is 13.2 Å². The number of quaternary nitrogens is 1. The molecule has 28 heavy (non-hydrogen) atoms. The summed E-state index contributed by atoms with van der Waals surface area (Å²) >= 11 is 1.58. The highest BCUT2D eigenvalue weighted by molar-refractivity contribution is 7.10. The van der Waals surface area contributed by atoms with Gasteiger partial charge < -0.3 is 10.6 Å². The Morgan fingerprint density at radius 3 is 2.46 bits per heavy atom. The van der Waals surface area contributed by atoms with Gasteiger partial charge in [-0.05, 0) is 35.6 Å². The van der Waals surface area contributed by atoms with Crippen LogP contribution in [0.3, 0.4) is 0 Å². The Balaban J connectivity index is 1.71. The number of thiophene rings is 1. The van der Waals surface area contributed by atoms with E-state index in [4.69, 9.17) is 0 Å². The van der Waals surface area contributed by atoms with Gasteiger partial charge >= 0.3 is 0 Å². The third-order valence-electron chi connectivity index (χ3n) is 4.45. The SMILES string of the molecule is CCc1ccc([C@H]([NH2+]CC(=O)Nc2ccc(F)c(F)c2F)c2cccs2)cc1. The zero-order chi connectivity index (χ0) is 20.1. The molecule has 0 bridgehead atoms. The van der Waals surface area contributed by atoms with Crippen molar-refractivity contribution in [2.45, 2.75) is 19.4 Å².